The van der Waals surface area contributed by atoms with Crippen LogP contribution in [0.2, 0.25) is 10.0 Å². The second kappa shape index (κ2) is 14.0. The summed E-state index contributed by atoms with van der Waals surface area (Å²) in [6.45, 7) is 0. The molecule has 220 valence electrons. The Morgan fingerprint density at radius 3 is 1.63 bits per heavy atom. The van der Waals surface area contributed by atoms with Crippen molar-refractivity contribution >= 4 is 58.0 Å². The van der Waals surface area contributed by atoms with E-state index in [2.05, 4.69) is 5.32 Å². The third-order valence-corrected chi connectivity index (χ3v) is 11.6. The second-order valence-electron chi connectivity index (χ2n) is 9.42. The first-order valence-electron chi connectivity index (χ1n) is 12.9. The Labute approximate surface area is 268 Å². The quantitative estimate of drug-likeness (QED) is 0.208. The van der Waals surface area contributed by atoms with Crippen molar-refractivity contribution in [1.82, 2.24) is 0 Å². The highest BCUT2D eigenvalue weighted by Crippen LogP contribution is 2.59. The van der Waals surface area contributed by atoms with Gasteiger partial charge in [0, 0.05) is 16.3 Å². The number of hydrogen-bond donors (Lipinski definition) is 1. The zero-order valence-corrected chi connectivity index (χ0v) is 26.4. The third-order valence-electron chi connectivity index (χ3n) is 6.70. The van der Waals surface area contributed by atoms with Gasteiger partial charge in [-0.15, -0.1) is 0 Å². The average Bonchev–Trinajstić information content (AvgIpc) is 3.00. The van der Waals surface area contributed by atoms with E-state index in [0.29, 0.717) is 16.3 Å². The zero-order chi connectivity index (χ0) is 29.7. The van der Waals surface area contributed by atoms with E-state index in [4.69, 9.17) is 27.9 Å². The number of alkyl halides is 3. The van der Waals surface area contributed by atoms with Gasteiger partial charge in [-0.1, -0.05) is 77.8 Å². The predicted octanol–water partition coefficient (Wildman–Crippen LogP) is 5.78. The Bertz CT molecular complexity index is 1580. The van der Waals surface area contributed by atoms with Crippen molar-refractivity contribution in [3.63, 3.8) is 0 Å². The largest absolute Gasteiger partial charge is 1.00 e. The Hall–Kier alpha value is -3.35. The molecule has 0 atom stereocenters. The molecule has 0 aliphatic heterocycles. The number of amides is 1. The van der Waals surface area contributed by atoms with E-state index in [0.717, 1.165) is 15.9 Å². The minimum absolute atomic E-state index is 0. The van der Waals surface area contributed by atoms with Gasteiger partial charge in [-0.05, 0) is 72.8 Å². The maximum Gasteiger partial charge on any atom is 0.471 e. The van der Waals surface area contributed by atoms with Crippen LogP contribution in [0.3, 0.4) is 0 Å². The number of carbonyl (C=O) groups excluding carboxylic acids is 1. The highest BCUT2D eigenvalue weighted by molar-refractivity contribution is 7.95. The van der Waals surface area contributed by atoms with E-state index in [9.17, 15) is 18.0 Å². The number of nitrogens with one attached hydrogen (secondary N) is 1. The van der Waals surface area contributed by atoms with E-state index in [1.807, 2.05) is 91.0 Å². The summed E-state index contributed by atoms with van der Waals surface area (Å²) in [5.41, 5.74) is 0.392. The molecule has 0 aromatic heterocycles. The molecule has 0 heterocycles. The molecule has 0 aliphatic carbocycles. The first-order valence-corrected chi connectivity index (χ1v) is 15.6. The van der Waals surface area contributed by atoms with Crippen molar-refractivity contribution in [3.8, 4) is 11.5 Å². The molecular formula is C33H24BrCl2F3NO2P. The van der Waals surface area contributed by atoms with Gasteiger partial charge in [0.1, 0.15) is 40.8 Å². The fourth-order valence-corrected chi connectivity index (χ4v) is 9.35. The lowest BCUT2D eigenvalue weighted by Gasteiger charge is -2.29. The van der Waals surface area contributed by atoms with Crippen LogP contribution >= 0.6 is 30.5 Å². The summed E-state index contributed by atoms with van der Waals surface area (Å²) < 4.78 is 46.3. The molecule has 0 aliphatic rings. The molecule has 0 unspecified atom stereocenters. The Kier molecular flexibility index (Phi) is 10.6. The minimum Gasteiger partial charge on any atom is -1.00 e. The van der Waals surface area contributed by atoms with Gasteiger partial charge in [0.25, 0.3) is 0 Å². The van der Waals surface area contributed by atoms with E-state index >= 15 is 0 Å². The van der Waals surface area contributed by atoms with Gasteiger partial charge in [-0.3, -0.25) is 4.79 Å². The number of anilines is 1. The molecule has 0 radical (unpaired) electrons. The maximum atomic E-state index is 13.4. The van der Waals surface area contributed by atoms with Crippen molar-refractivity contribution < 1.29 is 39.7 Å². The number of carbonyl (C=O) groups is 1. The molecule has 10 heteroatoms. The molecule has 43 heavy (non-hydrogen) atoms. The molecule has 0 spiro atoms. The summed E-state index contributed by atoms with van der Waals surface area (Å²) in [6, 6.07) is 39.1. The van der Waals surface area contributed by atoms with Gasteiger partial charge >= 0.3 is 12.1 Å². The molecule has 5 aromatic carbocycles. The molecule has 0 bridgehead atoms. The van der Waals surface area contributed by atoms with E-state index < -0.39 is 19.3 Å². The summed E-state index contributed by atoms with van der Waals surface area (Å²) >= 11 is 12.5. The maximum absolute atomic E-state index is 13.4. The van der Waals surface area contributed by atoms with Crippen molar-refractivity contribution in [2.24, 2.45) is 0 Å². The Morgan fingerprint density at radius 2 is 1.19 bits per heavy atom. The number of ether oxygens (including phenoxy) is 1. The van der Waals surface area contributed by atoms with Gasteiger partial charge < -0.3 is 27.0 Å². The first-order chi connectivity index (χ1) is 20.2. The SMILES string of the molecule is O=C(Nc1cc(Cl)c(Oc2ccc(Cl)cc2)cc1C[P+](c1ccccc1)(c1ccccc1)c1ccccc1)C(F)(F)F.[Br-]. The fraction of sp³-hybridized carbons (Fsp3) is 0.0606. The smallest absolute Gasteiger partial charge is 0.471 e. The molecule has 5 rings (SSSR count). The lowest BCUT2D eigenvalue weighted by atomic mass is 10.2. The van der Waals surface area contributed by atoms with Crippen molar-refractivity contribution in [2.75, 3.05) is 5.32 Å². The molecule has 1 N–H and O–H groups in total. The molecule has 0 saturated heterocycles. The third kappa shape index (κ3) is 7.42. The van der Waals surface area contributed by atoms with Gasteiger partial charge in [-0.25, -0.2) is 0 Å². The van der Waals surface area contributed by atoms with Crippen LogP contribution in [0.4, 0.5) is 18.9 Å². The van der Waals surface area contributed by atoms with Crippen LogP contribution in [-0.4, -0.2) is 12.1 Å². The van der Waals surface area contributed by atoms with Crippen LogP contribution in [0, 0.1) is 0 Å². The van der Waals surface area contributed by atoms with Crippen molar-refractivity contribution in [2.45, 2.75) is 12.3 Å². The van der Waals surface area contributed by atoms with Gasteiger partial charge in [0.15, 0.2) is 0 Å². The highest BCUT2D eigenvalue weighted by atomic mass is 79.9. The Morgan fingerprint density at radius 1 is 0.721 bits per heavy atom. The topological polar surface area (TPSA) is 38.3 Å². The van der Waals surface area contributed by atoms with E-state index in [1.165, 1.54) is 6.07 Å². The minimum atomic E-state index is -5.09. The molecule has 3 nitrogen and oxygen atoms in total. The van der Waals surface area contributed by atoms with Crippen LogP contribution < -0.4 is 42.9 Å². The molecule has 5 aromatic rings. The highest BCUT2D eigenvalue weighted by Gasteiger charge is 2.46. The molecular weight excluding hydrogens is 681 g/mol. The van der Waals surface area contributed by atoms with E-state index in [1.54, 1.807) is 30.3 Å². The first kappa shape index (κ1) is 32.6. The summed E-state index contributed by atoms with van der Waals surface area (Å²) in [5, 5.41) is 5.67. The summed E-state index contributed by atoms with van der Waals surface area (Å²) in [5.74, 6) is -1.42. The molecule has 1 amide bonds. The van der Waals surface area contributed by atoms with Crippen LogP contribution in [0.15, 0.2) is 127 Å². The Balaban J connectivity index is 0.00000423. The van der Waals surface area contributed by atoms with Crippen LogP contribution in [0.25, 0.3) is 0 Å². The van der Waals surface area contributed by atoms with Crippen molar-refractivity contribution in [1.29, 1.82) is 0 Å². The standard InChI is InChI=1S/C33H23Cl2F3NO2P.BrH/c34-24-16-18-25(19-17-24)41-31-20-23(30(21-29(31)35)39-32(40)33(36,37)38)22-42(26-10-4-1-5-11-26,27-12-6-2-7-13-27)28-14-8-3-9-15-28;/h1-21H,22H2;1H. The van der Waals surface area contributed by atoms with Gasteiger partial charge in [0.05, 0.1) is 5.02 Å². The van der Waals surface area contributed by atoms with Crippen molar-refractivity contribution in [3.05, 3.63) is 143 Å². The number of halogens is 6. The number of hydrogen-bond acceptors (Lipinski definition) is 2. The fourth-order valence-electron chi connectivity index (χ4n) is 4.77. The second-order valence-corrected chi connectivity index (χ2v) is 13.8. The van der Waals surface area contributed by atoms with Crippen LogP contribution in [0.1, 0.15) is 5.56 Å². The molecule has 0 fully saturated rings. The lowest BCUT2D eigenvalue weighted by molar-refractivity contribution is -0.167. The van der Waals surface area contributed by atoms with Crippen LogP contribution in [-0.2, 0) is 11.0 Å². The summed E-state index contributed by atoms with van der Waals surface area (Å²) in [6.07, 6.45) is -4.82. The van der Waals surface area contributed by atoms with Gasteiger partial charge in [-0.2, -0.15) is 13.2 Å². The lowest BCUT2D eigenvalue weighted by Crippen LogP contribution is -3.00. The average molecular weight is 705 g/mol. The molecule has 0 saturated carbocycles. The van der Waals surface area contributed by atoms with Gasteiger partial charge in [0.2, 0.25) is 0 Å². The van der Waals surface area contributed by atoms with E-state index in [-0.39, 0.29) is 39.6 Å². The number of benzene rings is 5. The van der Waals surface area contributed by atoms with Crippen LogP contribution in [0.5, 0.6) is 11.5 Å². The monoisotopic (exact) mass is 703 g/mol. The normalized spacial score (nSPS) is 11.4. The number of rotatable bonds is 8. The predicted molar refractivity (Wildman–Crippen MR) is 167 cm³/mol. The zero-order valence-electron chi connectivity index (χ0n) is 22.4. The summed E-state index contributed by atoms with van der Waals surface area (Å²) in [4.78, 5) is 12.2. The summed E-state index contributed by atoms with van der Waals surface area (Å²) in [7, 11) is -2.56.